The second kappa shape index (κ2) is 16.9. The highest BCUT2D eigenvalue weighted by Crippen LogP contribution is 2.43. The van der Waals surface area contributed by atoms with Crippen molar-refractivity contribution >= 4 is 115 Å². The van der Waals surface area contributed by atoms with Gasteiger partial charge in [-0.25, -0.2) is 0 Å². The Balaban J connectivity index is 0.915. The van der Waals surface area contributed by atoms with Crippen LogP contribution >= 0.6 is 0 Å². The molecular weight excluding hydrogens is 885 g/mol. The van der Waals surface area contributed by atoms with E-state index in [9.17, 15) is 0 Å². The summed E-state index contributed by atoms with van der Waals surface area (Å²) in [5.41, 5.74) is 14.7. The Kier molecular flexibility index (Phi) is 10.5. The summed E-state index contributed by atoms with van der Waals surface area (Å²) in [7, 11) is -2.97. The Morgan fingerprint density at radius 1 is 0.271 bits per heavy atom. The van der Waals surface area contributed by atoms with Gasteiger partial charge in [-0.2, -0.15) is 0 Å². The van der Waals surface area contributed by atoms with Crippen molar-refractivity contribution in [2.45, 2.75) is 39.3 Å². The molecule has 0 aliphatic heterocycles. The number of anilines is 6. The molecule has 0 atom stereocenters. The summed E-state index contributed by atoms with van der Waals surface area (Å²) in [4.78, 5) is 4.67. The molecule has 0 saturated heterocycles. The van der Waals surface area contributed by atoms with Crippen molar-refractivity contribution < 1.29 is 8.83 Å². The molecule has 10 aromatic carbocycles. The summed E-state index contributed by atoms with van der Waals surface area (Å²) in [6.45, 7) is 14.4. The molecule has 0 saturated carbocycles. The molecular formula is C64H54N2O2Si2. The maximum Gasteiger partial charge on any atom is 0.137 e. The minimum Gasteiger partial charge on any atom is -0.456 e. The second-order valence-electron chi connectivity index (χ2n) is 20.7. The van der Waals surface area contributed by atoms with Gasteiger partial charge in [0.2, 0.25) is 0 Å². The first-order chi connectivity index (χ1) is 33.9. The van der Waals surface area contributed by atoms with Gasteiger partial charge < -0.3 is 18.6 Å². The van der Waals surface area contributed by atoms with Crippen molar-refractivity contribution in [2.75, 3.05) is 9.80 Å². The molecule has 70 heavy (non-hydrogen) atoms. The lowest BCUT2D eigenvalue weighted by Gasteiger charge is -2.27. The van der Waals surface area contributed by atoms with E-state index in [1.54, 1.807) is 0 Å². The van der Waals surface area contributed by atoms with Gasteiger partial charge in [0.1, 0.15) is 22.3 Å². The van der Waals surface area contributed by atoms with Gasteiger partial charge in [-0.3, -0.25) is 0 Å². The van der Waals surface area contributed by atoms with Crippen LogP contribution in [0.3, 0.4) is 0 Å². The van der Waals surface area contributed by atoms with Gasteiger partial charge in [0.05, 0.1) is 16.1 Å². The van der Waals surface area contributed by atoms with Gasteiger partial charge in [0, 0.05) is 67.8 Å². The predicted octanol–water partition coefficient (Wildman–Crippen LogP) is 18.0. The molecule has 0 bridgehead atoms. The normalized spacial score (nSPS) is 12.1. The molecule has 2 aromatic heterocycles. The maximum absolute atomic E-state index is 6.76. The Labute approximate surface area is 411 Å². The standard InChI is InChI=1S/C64H54N2O2Si2/c1-69(2,3)55-31-25-51(26-32-55)65(49-21-17-45(18-22-49)43-13-9-7-10-14-43)53-29-35-57-59-37-47-38-60-58-36-30-54(42-64(58)68-62(60)40-48(47)39-61(59)67-63(57)41-53)66(52-27-33-56(34-28-52)70(4,5)6)50-23-19-46(20-24-50)44-15-11-8-12-16-44/h7-42H,1-6H3. The summed E-state index contributed by atoms with van der Waals surface area (Å²) in [6, 6.07) is 79.3. The molecule has 0 aliphatic carbocycles. The van der Waals surface area contributed by atoms with Crippen molar-refractivity contribution in [1.29, 1.82) is 0 Å². The first-order valence-corrected chi connectivity index (χ1v) is 31.3. The van der Waals surface area contributed by atoms with Crippen LogP contribution in [-0.2, 0) is 0 Å². The number of benzene rings is 10. The van der Waals surface area contributed by atoms with Gasteiger partial charge in [0.15, 0.2) is 0 Å². The van der Waals surface area contributed by atoms with Crippen LogP contribution in [0.2, 0.25) is 39.3 Å². The Hall–Kier alpha value is -7.91. The number of fused-ring (bicyclic) bond motifs is 7. The van der Waals surface area contributed by atoms with Gasteiger partial charge in [0.25, 0.3) is 0 Å². The van der Waals surface area contributed by atoms with Crippen molar-refractivity contribution in [3.63, 3.8) is 0 Å². The third kappa shape index (κ3) is 7.99. The first-order valence-electron chi connectivity index (χ1n) is 24.3. The third-order valence-electron chi connectivity index (χ3n) is 14.0. The highest BCUT2D eigenvalue weighted by molar-refractivity contribution is 6.89. The predicted molar refractivity (Wildman–Crippen MR) is 305 cm³/mol. The molecule has 2 heterocycles. The van der Waals surface area contributed by atoms with E-state index in [1.807, 2.05) is 0 Å². The van der Waals surface area contributed by atoms with E-state index in [1.165, 1.54) is 32.6 Å². The molecule has 12 rings (SSSR count). The Morgan fingerprint density at radius 2 is 0.571 bits per heavy atom. The van der Waals surface area contributed by atoms with Gasteiger partial charge >= 0.3 is 0 Å². The van der Waals surface area contributed by atoms with Gasteiger partial charge in [-0.05, 0) is 130 Å². The topological polar surface area (TPSA) is 32.8 Å². The minimum atomic E-state index is -1.48. The number of hydrogen-bond acceptors (Lipinski definition) is 4. The van der Waals surface area contributed by atoms with E-state index >= 15 is 0 Å². The summed E-state index contributed by atoms with van der Waals surface area (Å²) in [5, 5.41) is 9.45. The number of furan rings is 2. The quantitative estimate of drug-likeness (QED) is 0.128. The van der Waals surface area contributed by atoms with E-state index in [0.717, 1.165) is 88.8 Å². The first kappa shape index (κ1) is 43.4. The molecule has 0 amide bonds. The SMILES string of the molecule is C[Si](C)(C)c1ccc(N(c2ccc(-c3ccccc3)cc2)c2ccc3c(c2)oc2cc4cc5oc6cc(N(c7ccc(-c8ccccc8)cc7)c7ccc([Si](C)(C)C)cc7)ccc6c5cc4cc23)cc1. The lowest BCUT2D eigenvalue weighted by Crippen LogP contribution is -2.37. The summed E-state index contributed by atoms with van der Waals surface area (Å²) in [6.07, 6.45) is 0. The molecule has 340 valence electrons. The zero-order valence-corrected chi connectivity index (χ0v) is 42.5. The van der Waals surface area contributed by atoms with Gasteiger partial charge in [-0.1, -0.05) is 159 Å². The Bertz CT molecular complexity index is 3610. The van der Waals surface area contributed by atoms with Crippen molar-refractivity contribution in [3.05, 3.63) is 218 Å². The summed E-state index contributed by atoms with van der Waals surface area (Å²) < 4.78 is 13.5. The van der Waals surface area contributed by atoms with Crippen LogP contribution in [0.15, 0.2) is 227 Å². The van der Waals surface area contributed by atoms with Crippen molar-refractivity contribution in [1.82, 2.24) is 0 Å². The second-order valence-corrected chi connectivity index (χ2v) is 30.9. The van der Waals surface area contributed by atoms with Crippen LogP contribution < -0.4 is 20.2 Å². The largest absolute Gasteiger partial charge is 0.456 e. The van der Waals surface area contributed by atoms with E-state index in [-0.39, 0.29) is 0 Å². The number of hydrogen-bond donors (Lipinski definition) is 0. The maximum atomic E-state index is 6.76. The summed E-state index contributed by atoms with van der Waals surface area (Å²) in [5.74, 6) is 0. The van der Waals surface area contributed by atoms with Crippen LogP contribution in [0.25, 0.3) is 76.9 Å². The lowest BCUT2D eigenvalue weighted by atomic mass is 10.0. The van der Waals surface area contributed by atoms with E-state index < -0.39 is 16.1 Å². The van der Waals surface area contributed by atoms with E-state index in [0.29, 0.717) is 0 Å². The smallest absolute Gasteiger partial charge is 0.137 e. The molecule has 0 radical (unpaired) electrons. The molecule has 0 unspecified atom stereocenters. The molecule has 0 fully saturated rings. The number of rotatable bonds is 10. The zero-order valence-electron chi connectivity index (χ0n) is 40.5. The Morgan fingerprint density at radius 3 is 0.929 bits per heavy atom. The third-order valence-corrected chi connectivity index (χ3v) is 18.1. The fraction of sp³-hybridized carbons (Fsp3) is 0.0938. The molecule has 4 nitrogen and oxygen atoms in total. The van der Waals surface area contributed by atoms with Crippen molar-refractivity contribution in [2.24, 2.45) is 0 Å². The van der Waals surface area contributed by atoms with Crippen LogP contribution in [0.4, 0.5) is 34.1 Å². The van der Waals surface area contributed by atoms with Crippen LogP contribution in [0.5, 0.6) is 0 Å². The highest BCUT2D eigenvalue weighted by Gasteiger charge is 2.22. The van der Waals surface area contributed by atoms with E-state index in [2.05, 4.69) is 267 Å². The monoisotopic (exact) mass is 938 g/mol. The minimum absolute atomic E-state index is 0.850. The average Bonchev–Trinajstić information content (AvgIpc) is 3.92. The highest BCUT2D eigenvalue weighted by atomic mass is 28.3. The number of nitrogens with zero attached hydrogens (tertiary/aromatic N) is 2. The average molecular weight is 939 g/mol. The molecule has 0 N–H and O–H groups in total. The molecule has 0 aliphatic rings. The fourth-order valence-corrected chi connectivity index (χ4v) is 12.4. The van der Waals surface area contributed by atoms with Crippen molar-refractivity contribution in [3.8, 4) is 22.3 Å². The fourth-order valence-electron chi connectivity index (χ4n) is 10.0. The van der Waals surface area contributed by atoms with Crippen LogP contribution in [-0.4, -0.2) is 16.1 Å². The van der Waals surface area contributed by atoms with E-state index in [4.69, 9.17) is 8.83 Å². The molecule has 0 spiro atoms. The van der Waals surface area contributed by atoms with Crippen LogP contribution in [0.1, 0.15) is 0 Å². The lowest BCUT2D eigenvalue weighted by molar-refractivity contribution is 0.668. The zero-order chi connectivity index (χ0) is 47.7. The van der Waals surface area contributed by atoms with Gasteiger partial charge in [-0.15, -0.1) is 0 Å². The summed E-state index contributed by atoms with van der Waals surface area (Å²) >= 11 is 0. The molecule has 12 aromatic rings. The van der Waals surface area contributed by atoms with Crippen LogP contribution in [0, 0.1) is 0 Å². The molecule has 6 heteroatoms.